The minimum Gasteiger partial charge on any atom is -0.395 e. The molecule has 0 aliphatic carbocycles. The number of aliphatic hydroxyl groups is 1. The van der Waals surface area contributed by atoms with Crippen LogP contribution in [0.5, 0.6) is 0 Å². The molecule has 0 bridgehead atoms. The molecule has 0 unspecified atom stereocenters. The van der Waals surface area contributed by atoms with E-state index in [-0.39, 0.29) is 0 Å². The second-order valence-corrected chi connectivity index (χ2v) is 4.29. The van der Waals surface area contributed by atoms with Crippen molar-refractivity contribution >= 4 is 10.1 Å². The summed E-state index contributed by atoms with van der Waals surface area (Å²) in [6, 6.07) is 4.06. The lowest BCUT2D eigenvalue weighted by Gasteiger charge is -1.89. The summed E-state index contributed by atoms with van der Waals surface area (Å²) in [5.41, 5.74) is 1.35. The van der Waals surface area contributed by atoms with Crippen molar-refractivity contribution in [1.82, 2.24) is 4.98 Å². The summed E-state index contributed by atoms with van der Waals surface area (Å²) < 4.78 is 27.1. The molecule has 0 aliphatic rings. The average Bonchev–Trinajstić information content (AvgIpc) is 2.18. The Morgan fingerprint density at radius 1 is 1.33 bits per heavy atom. The van der Waals surface area contributed by atoms with Gasteiger partial charge in [-0.25, -0.2) is 0 Å². The minimum atomic E-state index is -3.92. The van der Waals surface area contributed by atoms with E-state index >= 15 is 0 Å². The molecule has 0 aliphatic heterocycles. The van der Waals surface area contributed by atoms with Gasteiger partial charge in [0, 0.05) is 12.4 Å². The molecule has 15 heavy (non-hydrogen) atoms. The number of aryl methyl sites for hydroxylation is 1. The highest BCUT2D eigenvalue weighted by Crippen LogP contribution is 1.94. The van der Waals surface area contributed by atoms with Crippen LogP contribution in [-0.2, 0) is 16.5 Å². The van der Waals surface area contributed by atoms with Gasteiger partial charge in [0.1, 0.15) is 0 Å². The second-order valence-electron chi connectivity index (χ2n) is 2.72. The molecule has 0 saturated carbocycles. The van der Waals surface area contributed by atoms with Crippen molar-refractivity contribution in [3.8, 4) is 0 Å². The summed E-state index contributed by atoms with van der Waals surface area (Å²) in [6.45, 7) is 1.61. The first-order valence-corrected chi connectivity index (χ1v) is 6.05. The quantitative estimate of drug-likeness (QED) is 0.743. The van der Waals surface area contributed by atoms with Crippen LogP contribution in [0.4, 0.5) is 0 Å². The average molecular weight is 233 g/mol. The molecule has 2 N–H and O–H groups in total. The van der Waals surface area contributed by atoms with Crippen LogP contribution >= 0.6 is 0 Å². The standard InChI is InChI=1S/C7H9N.C2H6O4S/c1-2-7-3-5-8-6-4-7;3-1-2-7(4,5)6/h3-6H,2H2,1H3;3H,1-2H2,(H,4,5,6). The predicted molar refractivity (Wildman–Crippen MR) is 57.1 cm³/mol. The van der Waals surface area contributed by atoms with E-state index in [9.17, 15) is 8.42 Å². The number of hydrogen-bond acceptors (Lipinski definition) is 4. The van der Waals surface area contributed by atoms with Crippen LogP contribution in [0.2, 0.25) is 0 Å². The molecule has 1 rings (SSSR count). The number of pyridine rings is 1. The topological polar surface area (TPSA) is 87.5 Å². The zero-order chi connectivity index (χ0) is 11.7. The first kappa shape index (κ1) is 14.0. The van der Waals surface area contributed by atoms with Gasteiger partial charge in [0.15, 0.2) is 0 Å². The van der Waals surface area contributed by atoms with Gasteiger partial charge in [0.2, 0.25) is 0 Å². The molecule has 0 aromatic carbocycles. The Bertz CT molecular complexity index is 350. The Morgan fingerprint density at radius 3 is 2.07 bits per heavy atom. The lowest BCUT2D eigenvalue weighted by atomic mass is 10.2. The molecule has 5 nitrogen and oxygen atoms in total. The van der Waals surface area contributed by atoms with Crippen LogP contribution in [0.15, 0.2) is 24.5 Å². The maximum absolute atomic E-state index is 9.63. The van der Waals surface area contributed by atoms with Crippen molar-refractivity contribution in [2.75, 3.05) is 12.4 Å². The molecule has 0 atom stereocenters. The third-order valence-corrected chi connectivity index (χ3v) is 2.21. The lowest BCUT2D eigenvalue weighted by Crippen LogP contribution is -2.06. The van der Waals surface area contributed by atoms with Crippen LogP contribution in [0.1, 0.15) is 12.5 Å². The number of nitrogens with zero attached hydrogens (tertiary/aromatic N) is 1. The van der Waals surface area contributed by atoms with Gasteiger partial charge in [-0.1, -0.05) is 6.92 Å². The Hall–Kier alpha value is -0.980. The Morgan fingerprint density at radius 2 is 1.87 bits per heavy atom. The number of rotatable bonds is 3. The first-order chi connectivity index (χ1) is 6.99. The van der Waals surface area contributed by atoms with E-state index < -0.39 is 22.5 Å². The largest absolute Gasteiger partial charge is 0.395 e. The van der Waals surface area contributed by atoms with E-state index in [0.29, 0.717) is 0 Å². The van der Waals surface area contributed by atoms with Gasteiger partial charge in [0.05, 0.1) is 12.4 Å². The van der Waals surface area contributed by atoms with Crippen molar-refractivity contribution in [3.05, 3.63) is 30.1 Å². The maximum atomic E-state index is 9.63. The number of aliphatic hydroxyl groups excluding tert-OH is 1. The van der Waals surface area contributed by atoms with E-state index in [2.05, 4.69) is 11.9 Å². The molecule has 6 heteroatoms. The highest BCUT2D eigenvalue weighted by molar-refractivity contribution is 7.85. The normalized spacial score (nSPS) is 10.3. The molecule has 0 saturated heterocycles. The van der Waals surface area contributed by atoms with Gasteiger partial charge in [-0.2, -0.15) is 8.42 Å². The van der Waals surface area contributed by atoms with Crippen molar-refractivity contribution in [1.29, 1.82) is 0 Å². The van der Waals surface area contributed by atoms with Crippen LogP contribution < -0.4 is 0 Å². The van der Waals surface area contributed by atoms with Crippen molar-refractivity contribution in [3.63, 3.8) is 0 Å². The molecular weight excluding hydrogens is 218 g/mol. The summed E-state index contributed by atoms with van der Waals surface area (Å²) in [7, 11) is -3.92. The molecule has 1 aromatic rings. The third-order valence-electron chi connectivity index (χ3n) is 1.51. The van der Waals surface area contributed by atoms with Gasteiger partial charge >= 0.3 is 0 Å². The summed E-state index contributed by atoms with van der Waals surface area (Å²) in [6.07, 6.45) is 4.74. The highest BCUT2D eigenvalue weighted by Gasteiger charge is 1.99. The van der Waals surface area contributed by atoms with E-state index in [1.807, 2.05) is 24.5 Å². The molecule has 0 radical (unpaired) electrons. The van der Waals surface area contributed by atoms with Gasteiger partial charge in [-0.3, -0.25) is 9.54 Å². The molecule has 0 amide bonds. The fourth-order valence-corrected chi connectivity index (χ4v) is 0.965. The first-order valence-electron chi connectivity index (χ1n) is 4.44. The third kappa shape index (κ3) is 9.33. The molecule has 0 spiro atoms. The van der Waals surface area contributed by atoms with Gasteiger partial charge in [-0.05, 0) is 24.1 Å². The van der Waals surface area contributed by atoms with Gasteiger partial charge in [0.25, 0.3) is 10.1 Å². The summed E-state index contributed by atoms with van der Waals surface area (Å²) >= 11 is 0. The Labute approximate surface area is 89.5 Å². The van der Waals surface area contributed by atoms with E-state index in [0.717, 1.165) is 6.42 Å². The number of aromatic nitrogens is 1. The minimum absolute atomic E-state index is 0.529. The summed E-state index contributed by atoms with van der Waals surface area (Å²) in [5.74, 6) is -0.576. The van der Waals surface area contributed by atoms with Crippen LogP contribution in [0, 0.1) is 0 Å². The van der Waals surface area contributed by atoms with Crippen LogP contribution in [0.25, 0.3) is 0 Å². The van der Waals surface area contributed by atoms with Gasteiger partial charge in [-0.15, -0.1) is 0 Å². The van der Waals surface area contributed by atoms with Crippen molar-refractivity contribution in [2.24, 2.45) is 0 Å². The van der Waals surface area contributed by atoms with Gasteiger partial charge < -0.3 is 5.11 Å². The zero-order valence-corrected chi connectivity index (χ0v) is 9.31. The second kappa shape index (κ2) is 7.33. The zero-order valence-electron chi connectivity index (χ0n) is 8.50. The van der Waals surface area contributed by atoms with Crippen LogP contribution in [-0.4, -0.2) is 35.4 Å². The van der Waals surface area contributed by atoms with E-state index in [1.165, 1.54) is 5.56 Å². The summed E-state index contributed by atoms with van der Waals surface area (Å²) in [5, 5.41) is 7.86. The van der Waals surface area contributed by atoms with Crippen LogP contribution in [0.3, 0.4) is 0 Å². The molecule has 1 aromatic heterocycles. The highest BCUT2D eigenvalue weighted by atomic mass is 32.2. The lowest BCUT2D eigenvalue weighted by molar-refractivity contribution is 0.315. The smallest absolute Gasteiger partial charge is 0.267 e. The Balaban J connectivity index is 0.000000265. The fraction of sp³-hybridized carbons (Fsp3) is 0.444. The molecule has 86 valence electrons. The fourth-order valence-electron chi connectivity index (χ4n) is 0.734. The van der Waals surface area contributed by atoms with Crippen molar-refractivity contribution < 1.29 is 18.1 Å². The number of hydrogen-bond donors (Lipinski definition) is 2. The van der Waals surface area contributed by atoms with E-state index in [1.54, 1.807) is 0 Å². The molecule has 1 heterocycles. The van der Waals surface area contributed by atoms with E-state index in [4.69, 9.17) is 9.66 Å². The Kier molecular flexibility index (Phi) is 6.85. The van der Waals surface area contributed by atoms with Crippen molar-refractivity contribution in [2.45, 2.75) is 13.3 Å². The molecule has 0 fully saturated rings. The summed E-state index contributed by atoms with van der Waals surface area (Å²) in [4.78, 5) is 3.89. The monoisotopic (exact) mass is 233 g/mol. The maximum Gasteiger partial charge on any atom is 0.267 e. The molecular formula is C9H15NO4S. The SMILES string of the molecule is CCc1ccncc1.O=S(=O)(O)CCO. The predicted octanol–water partition coefficient (Wildman–Crippen LogP) is 0.510.